The Morgan fingerprint density at radius 3 is 2.65 bits per heavy atom. The number of carbonyl (C=O) groups excluding carboxylic acids is 2. The molecule has 2 aromatic carbocycles. The standard InChI is InChI=1S/C33H40N4O3/c34-33(39)32(36-26-11-9-23(10-12-26)28-21-35-29-6-2-1-5-27(28)29)24-15-17-37(18-16-24)31(38)14-8-22-7-13-30-25(20-22)4-3-19-40-30/h1-2,5-8,13-14,20-21,23-24,26,32,35-36H,3-4,9-12,15-19H2,(H2,34,39). The molecule has 6 rings (SSSR count). The van der Waals surface area contributed by atoms with Gasteiger partial charge in [0.1, 0.15) is 5.75 Å². The smallest absolute Gasteiger partial charge is 0.246 e. The van der Waals surface area contributed by atoms with E-state index in [-0.39, 0.29) is 23.8 Å². The molecule has 1 aromatic heterocycles. The summed E-state index contributed by atoms with van der Waals surface area (Å²) in [6, 6.07) is 14.5. The van der Waals surface area contributed by atoms with E-state index in [4.69, 9.17) is 10.5 Å². The molecule has 1 saturated carbocycles. The van der Waals surface area contributed by atoms with Crippen LogP contribution < -0.4 is 15.8 Å². The van der Waals surface area contributed by atoms with Crippen LogP contribution in [0.2, 0.25) is 0 Å². The van der Waals surface area contributed by atoms with Gasteiger partial charge >= 0.3 is 0 Å². The fourth-order valence-corrected chi connectivity index (χ4v) is 6.92. The molecule has 2 amide bonds. The zero-order valence-corrected chi connectivity index (χ0v) is 23.1. The molecule has 0 bridgehead atoms. The van der Waals surface area contributed by atoms with E-state index in [1.54, 1.807) is 6.08 Å². The molecule has 3 aliphatic rings. The number of hydrogen-bond acceptors (Lipinski definition) is 4. The topological polar surface area (TPSA) is 100 Å². The van der Waals surface area contributed by atoms with Gasteiger partial charge in [0.2, 0.25) is 11.8 Å². The van der Waals surface area contributed by atoms with Gasteiger partial charge in [-0.2, -0.15) is 0 Å². The Bertz CT molecular complexity index is 1380. The lowest BCUT2D eigenvalue weighted by molar-refractivity contribution is -0.128. The number of primary amides is 1. The first-order chi connectivity index (χ1) is 19.5. The van der Waals surface area contributed by atoms with Crippen molar-refractivity contribution in [1.82, 2.24) is 15.2 Å². The van der Waals surface area contributed by atoms with E-state index in [0.29, 0.717) is 25.0 Å². The highest BCUT2D eigenvalue weighted by molar-refractivity contribution is 5.92. The summed E-state index contributed by atoms with van der Waals surface area (Å²) in [7, 11) is 0. The number of nitrogens with zero attached hydrogens (tertiary/aromatic N) is 1. The average Bonchev–Trinajstić information content (AvgIpc) is 3.43. The van der Waals surface area contributed by atoms with Crippen LogP contribution in [-0.4, -0.2) is 53.5 Å². The van der Waals surface area contributed by atoms with Crippen LogP contribution in [0.4, 0.5) is 0 Å². The van der Waals surface area contributed by atoms with E-state index in [2.05, 4.69) is 46.8 Å². The fourth-order valence-electron chi connectivity index (χ4n) is 6.92. The van der Waals surface area contributed by atoms with Gasteiger partial charge in [0, 0.05) is 42.3 Å². The van der Waals surface area contributed by atoms with Crippen molar-refractivity contribution in [3.63, 3.8) is 0 Å². The fraction of sp³-hybridized carbons (Fsp3) is 0.455. The summed E-state index contributed by atoms with van der Waals surface area (Å²) in [6.45, 7) is 2.06. The van der Waals surface area contributed by atoms with E-state index in [1.165, 1.54) is 22.0 Å². The number of likely N-dealkylation sites (tertiary alicyclic amines) is 1. The van der Waals surface area contributed by atoms with Gasteiger partial charge in [0.25, 0.3) is 0 Å². The third kappa shape index (κ3) is 5.80. The SMILES string of the molecule is NC(=O)C(NC1CCC(c2c[nH]c3ccccc23)CC1)C1CCN(C(=O)C=Cc2ccc3c(c2)CCCO3)CC1. The van der Waals surface area contributed by atoms with Gasteiger partial charge in [-0.05, 0) is 104 Å². The average molecular weight is 541 g/mol. The van der Waals surface area contributed by atoms with Gasteiger partial charge in [0.05, 0.1) is 12.6 Å². The summed E-state index contributed by atoms with van der Waals surface area (Å²) in [5, 5.41) is 4.96. The minimum Gasteiger partial charge on any atom is -0.493 e. The molecule has 7 nitrogen and oxygen atoms in total. The van der Waals surface area contributed by atoms with Crippen LogP contribution in [0.15, 0.2) is 54.7 Å². The number of nitrogens with two attached hydrogens (primary N) is 1. The summed E-state index contributed by atoms with van der Waals surface area (Å²) in [6.07, 6.45) is 13.6. The van der Waals surface area contributed by atoms with Crippen LogP contribution in [0.3, 0.4) is 0 Å². The third-order valence-corrected chi connectivity index (χ3v) is 9.18. The van der Waals surface area contributed by atoms with Crippen LogP contribution in [0.1, 0.15) is 67.6 Å². The molecule has 4 N–H and O–H groups in total. The van der Waals surface area contributed by atoms with E-state index >= 15 is 0 Å². The maximum absolute atomic E-state index is 12.9. The van der Waals surface area contributed by atoms with Crippen molar-refractivity contribution in [3.05, 3.63) is 71.4 Å². The van der Waals surface area contributed by atoms with Crippen molar-refractivity contribution in [2.45, 2.75) is 69.4 Å². The quantitative estimate of drug-likeness (QED) is 0.371. The maximum Gasteiger partial charge on any atom is 0.246 e. The predicted molar refractivity (Wildman–Crippen MR) is 158 cm³/mol. The van der Waals surface area contributed by atoms with Crippen molar-refractivity contribution >= 4 is 28.8 Å². The first-order valence-corrected chi connectivity index (χ1v) is 14.9. The number of aryl methyl sites for hydroxylation is 1. The Morgan fingerprint density at radius 1 is 1.05 bits per heavy atom. The van der Waals surface area contributed by atoms with Crippen molar-refractivity contribution < 1.29 is 14.3 Å². The van der Waals surface area contributed by atoms with Gasteiger partial charge < -0.3 is 25.7 Å². The number of aromatic amines is 1. The second-order valence-corrected chi connectivity index (χ2v) is 11.7. The number of carbonyl (C=O) groups is 2. The highest BCUT2D eigenvalue weighted by Crippen LogP contribution is 2.37. The maximum atomic E-state index is 12.9. The second-order valence-electron chi connectivity index (χ2n) is 11.7. The molecule has 2 fully saturated rings. The molecule has 40 heavy (non-hydrogen) atoms. The number of para-hydroxylation sites is 1. The van der Waals surface area contributed by atoms with Gasteiger partial charge in [-0.3, -0.25) is 9.59 Å². The minimum atomic E-state index is -0.347. The van der Waals surface area contributed by atoms with Crippen LogP contribution in [0, 0.1) is 5.92 Å². The molecule has 1 saturated heterocycles. The third-order valence-electron chi connectivity index (χ3n) is 9.18. The van der Waals surface area contributed by atoms with Crippen LogP contribution in [-0.2, 0) is 16.0 Å². The molecule has 0 spiro atoms. The van der Waals surface area contributed by atoms with Crippen molar-refractivity contribution in [2.24, 2.45) is 11.7 Å². The normalized spacial score (nSPS) is 22.6. The summed E-state index contributed by atoms with van der Waals surface area (Å²) < 4.78 is 5.69. The summed E-state index contributed by atoms with van der Waals surface area (Å²) in [5.74, 6) is 1.39. The molecular formula is C33H40N4O3. The second kappa shape index (κ2) is 11.9. The molecule has 3 heterocycles. The number of benzene rings is 2. The Morgan fingerprint density at radius 2 is 1.85 bits per heavy atom. The molecule has 1 atom stereocenters. The zero-order valence-electron chi connectivity index (χ0n) is 23.1. The molecule has 1 unspecified atom stereocenters. The summed E-state index contributed by atoms with van der Waals surface area (Å²) in [4.78, 5) is 30.7. The number of H-pyrrole nitrogens is 1. The number of fused-ring (bicyclic) bond motifs is 2. The molecule has 1 aliphatic carbocycles. The van der Waals surface area contributed by atoms with Gasteiger partial charge in [0.15, 0.2) is 0 Å². The number of rotatable bonds is 7. The Balaban J connectivity index is 0.996. The highest BCUT2D eigenvalue weighted by Gasteiger charge is 2.34. The predicted octanol–water partition coefficient (Wildman–Crippen LogP) is 4.91. The Labute approximate surface area is 236 Å². The number of amides is 2. The number of piperidine rings is 1. The van der Waals surface area contributed by atoms with E-state index < -0.39 is 0 Å². The number of ether oxygens (including phenoxy) is 1. The summed E-state index contributed by atoms with van der Waals surface area (Å²) in [5.41, 5.74) is 10.7. The highest BCUT2D eigenvalue weighted by atomic mass is 16.5. The first-order valence-electron chi connectivity index (χ1n) is 14.9. The van der Waals surface area contributed by atoms with E-state index in [1.807, 2.05) is 23.1 Å². The molecule has 7 heteroatoms. The first kappa shape index (κ1) is 26.6. The van der Waals surface area contributed by atoms with Crippen LogP contribution >= 0.6 is 0 Å². The lowest BCUT2D eigenvalue weighted by Gasteiger charge is -2.38. The zero-order chi connectivity index (χ0) is 27.5. The van der Waals surface area contributed by atoms with Crippen molar-refractivity contribution in [2.75, 3.05) is 19.7 Å². The molecular weight excluding hydrogens is 500 g/mol. The molecule has 210 valence electrons. The van der Waals surface area contributed by atoms with Gasteiger partial charge in [-0.15, -0.1) is 0 Å². The molecule has 3 aromatic rings. The van der Waals surface area contributed by atoms with E-state index in [9.17, 15) is 9.59 Å². The lowest BCUT2D eigenvalue weighted by atomic mass is 9.80. The number of hydrogen-bond donors (Lipinski definition) is 3. The lowest BCUT2D eigenvalue weighted by Crippen LogP contribution is -2.54. The monoisotopic (exact) mass is 540 g/mol. The number of nitrogens with one attached hydrogen (secondary N) is 2. The number of aromatic nitrogens is 1. The van der Waals surface area contributed by atoms with Crippen LogP contribution in [0.25, 0.3) is 17.0 Å². The van der Waals surface area contributed by atoms with Gasteiger partial charge in [-0.25, -0.2) is 0 Å². The Hall–Kier alpha value is -3.58. The molecule has 2 aliphatic heterocycles. The van der Waals surface area contributed by atoms with Crippen molar-refractivity contribution in [1.29, 1.82) is 0 Å². The minimum absolute atomic E-state index is 0.0200. The molecule has 0 radical (unpaired) electrons. The Kier molecular flexibility index (Phi) is 7.91. The van der Waals surface area contributed by atoms with Crippen molar-refractivity contribution in [3.8, 4) is 5.75 Å². The van der Waals surface area contributed by atoms with Gasteiger partial charge in [-0.1, -0.05) is 24.3 Å². The van der Waals surface area contributed by atoms with Crippen LogP contribution in [0.5, 0.6) is 5.75 Å². The summed E-state index contributed by atoms with van der Waals surface area (Å²) >= 11 is 0. The largest absolute Gasteiger partial charge is 0.493 e. The van der Waals surface area contributed by atoms with E-state index in [0.717, 1.165) is 69.3 Å².